The first-order chi connectivity index (χ1) is 7.83. The minimum atomic E-state index is 0.545. The van der Waals surface area contributed by atoms with Crippen LogP contribution in [0.4, 0.5) is 5.95 Å². The number of hydrogen-bond donors (Lipinski definition) is 3. The van der Waals surface area contributed by atoms with Crippen molar-refractivity contribution in [1.29, 1.82) is 0 Å². The van der Waals surface area contributed by atoms with Gasteiger partial charge in [-0.25, -0.2) is 10.8 Å². The van der Waals surface area contributed by atoms with Gasteiger partial charge in [0.05, 0.1) is 18.5 Å². The second-order valence-electron chi connectivity index (χ2n) is 3.25. The number of benzene rings is 1. The largest absolute Gasteiger partial charge is 0.494 e. The molecule has 0 spiro atoms. The molecule has 16 heavy (non-hydrogen) atoms. The molecule has 1 aromatic carbocycles. The number of aromatic amines is 1. The van der Waals surface area contributed by atoms with Crippen molar-refractivity contribution in [3.8, 4) is 17.0 Å². The van der Waals surface area contributed by atoms with Crippen LogP contribution in [0.5, 0.6) is 5.75 Å². The Morgan fingerprint density at radius 1 is 1.38 bits per heavy atom. The highest BCUT2D eigenvalue weighted by Crippen LogP contribution is 2.21. The molecule has 1 heterocycles. The molecule has 0 unspecified atom stereocenters. The Bertz CT molecular complexity index is 449. The van der Waals surface area contributed by atoms with Crippen molar-refractivity contribution in [2.24, 2.45) is 5.84 Å². The van der Waals surface area contributed by atoms with Gasteiger partial charge in [-0.1, -0.05) is 0 Å². The van der Waals surface area contributed by atoms with Gasteiger partial charge in [0.1, 0.15) is 5.75 Å². The van der Waals surface area contributed by atoms with E-state index in [0.717, 1.165) is 17.0 Å². The van der Waals surface area contributed by atoms with E-state index < -0.39 is 0 Å². The zero-order valence-electron chi connectivity index (χ0n) is 9.03. The lowest BCUT2D eigenvalue weighted by atomic mass is 10.2. The van der Waals surface area contributed by atoms with E-state index in [2.05, 4.69) is 15.4 Å². The van der Waals surface area contributed by atoms with Crippen LogP contribution in [-0.2, 0) is 0 Å². The molecule has 1 aromatic heterocycles. The van der Waals surface area contributed by atoms with Crippen LogP contribution in [0.1, 0.15) is 6.92 Å². The number of anilines is 1. The molecular formula is C11H14N4O. The molecule has 0 aliphatic heterocycles. The number of aromatic nitrogens is 2. The molecule has 0 bridgehead atoms. The number of nitrogens with two attached hydrogens (primary N) is 1. The minimum absolute atomic E-state index is 0.545. The Hall–Kier alpha value is -2.01. The van der Waals surface area contributed by atoms with E-state index in [1.807, 2.05) is 31.2 Å². The molecule has 0 saturated carbocycles. The summed E-state index contributed by atoms with van der Waals surface area (Å²) in [6.45, 7) is 2.63. The van der Waals surface area contributed by atoms with Gasteiger partial charge in [0.25, 0.3) is 0 Å². The van der Waals surface area contributed by atoms with Gasteiger partial charge in [-0.15, -0.1) is 0 Å². The van der Waals surface area contributed by atoms with Gasteiger partial charge >= 0.3 is 0 Å². The molecule has 0 fully saturated rings. The monoisotopic (exact) mass is 218 g/mol. The molecule has 2 rings (SSSR count). The molecule has 0 atom stereocenters. The van der Waals surface area contributed by atoms with Crippen molar-refractivity contribution in [2.75, 3.05) is 12.0 Å². The van der Waals surface area contributed by atoms with Gasteiger partial charge in [0.2, 0.25) is 5.95 Å². The van der Waals surface area contributed by atoms with E-state index in [0.29, 0.717) is 12.6 Å². The van der Waals surface area contributed by atoms with Gasteiger partial charge in [-0.3, -0.25) is 5.43 Å². The smallest absolute Gasteiger partial charge is 0.215 e. The fourth-order valence-electron chi connectivity index (χ4n) is 1.44. The number of hydrazine groups is 1. The first-order valence-electron chi connectivity index (χ1n) is 5.08. The van der Waals surface area contributed by atoms with E-state index in [-0.39, 0.29) is 0 Å². The summed E-state index contributed by atoms with van der Waals surface area (Å²) in [7, 11) is 0. The summed E-state index contributed by atoms with van der Waals surface area (Å²) in [4.78, 5) is 7.09. The summed E-state index contributed by atoms with van der Waals surface area (Å²) < 4.78 is 5.36. The number of nitrogen functional groups attached to an aromatic ring is 1. The Morgan fingerprint density at radius 2 is 2.12 bits per heavy atom. The third-order valence-electron chi connectivity index (χ3n) is 2.19. The molecule has 0 amide bonds. The highest BCUT2D eigenvalue weighted by Gasteiger charge is 2.02. The van der Waals surface area contributed by atoms with Crippen LogP contribution < -0.4 is 16.0 Å². The quantitative estimate of drug-likeness (QED) is 0.540. The maximum atomic E-state index is 5.36. The zero-order chi connectivity index (χ0) is 11.4. The molecule has 0 aliphatic rings. The van der Waals surface area contributed by atoms with Crippen molar-refractivity contribution < 1.29 is 4.74 Å². The predicted octanol–water partition coefficient (Wildman–Crippen LogP) is 1.76. The van der Waals surface area contributed by atoms with Gasteiger partial charge in [-0.05, 0) is 36.8 Å². The van der Waals surface area contributed by atoms with Crippen LogP contribution in [0, 0.1) is 0 Å². The van der Waals surface area contributed by atoms with Crippen LogP contribution >= 0.6 is 0 Å². The van der Waals surface area contributed by atoms with Gasteiger partial charge < -0.3 is 9.72 Å². The number of hydrogen-bond acceptors (Lipinski definition) is 4. The Labute approximate surface area is 93.6 Å². The summed E-state index contributed by atoms with van der Waals surface area (Å²) in [5.41, 5.74) is 4.41. The molecule has 4 N–H and O–H groups in total. The fraction of sp³-hybridized carbons (Fsp3) is 0.182. The first kappa shape index (κ1) is 10.5. The normalized spacial score (nSPS) is 10.1. The van der Waals surface area contributed by atoms with Crippen molar-refractivity contribution in [2.45, 2.75) is 6.92 Å². The molecule has 5 nitrogen and oxygen atoms in total. The minimum Gasteiger partial charge on any atom is -0.494 e. The van der Waals surface area contributed by atoms with E-state index in [9.17, 15) is 0 Å². The molecule has 5 heteroatoms. The van der Waals surface area contributed by atoms with Crippen LogP contribution in [-0.4, -0.2) is 16.6 Å². The third kappa shape index (κ3) is 2.14. The van der Waals surface area contributed by atoms with E-state index in [1.54, 1.807) is 6.20 Å². The van der Waals surface area contributed by atoms with E-state index in [1.165, 1.54) is 0 Å². The van der Waals surface area contributed by atoms with Gasteiger partial charge in [-0.2, -0.15) is 0 Å². The van der Waals surface area contributed by atoms with Crippen LogP contribution in [0.25, 0.3) is 11.3 Å². The summed E-state index contributed by atoms with van der Waals surface area (Å²) in [5, 5.41) is 0. The lowest BCUT2D eigenvalue weighted by molar-refractivity contribution is 0.340. The average Bonchev–Trinajstić information content (AvgIpc) is 2.79. The summed E-state index contributed by atoms with van der Waals surface area (Å²) in [5.74, 6) is 6.65. The van der Waals surface area contributed by atoms with Crippen LogP contribution in [0.3, 0.4) is 0 Å². The van der Waals surface area contributed by atoms with Gasteiger partial charge in [0, 0.05) is 0 Å². The van der Waals surface area contributed by atoms with Crippen molar-refractivity contribution in [1.82, 2.24) is 9.97 Å². The predicted molar refractivity (Wildman–Crippen MR) is 63.0 cm³/mol. The van der Waals surface area contributed by atoms with Crippen molar-refractivity contribution in [3.05, 3.63) is 30.5 Å². The second kappa shape index (κ2) is 4.67. The maximum absolute atomic E-state index is 5.36. The van der Waals surface area contributed by atoms with Crippen LogP contribution in [0.15, 0.2) is 30.5 Å². The Kier molecular flexibility index (Phi) is 3.07. The lowest BCUT2D eigenvalue weighted by Crippen LogP contribution is -2.07. The van der Waals surface area contributed by atoms with Gasteiger partial charge in [0.15, 0.2) is 0 Å². The van der Waals surface area contributed by atoms with E-state index in [4.69, 9.17) is 10.6 Å². The number of ether oxygens (including phenoxy) is 1. The zero-order valence-corrected chi connectivity index (χ0v) is 9.03. The number of rotatable bonds is 4. The SMILES string of the molecule is CCOc1ccc(-c2cnc(NN)[nH]2)cc1. The molecule has 84 valence electrons. The Morgan fingerprint density at radius 3 is 2.69 bits per heavy atom. The molecule has 0 saturated heterocycles. The second-order valence-corrected chi connectivity index (χ2v) is 3.25. The van der Waals surface area contributed by atoms with Crippen molar-refractivity contribution in [3.63, 3.8) is 0 Å². The Balaban J connectivity index is 2.20. The van der Waals surface area contributed by atoms with E-state index >= 15 is 0 Å². The van der Waals surface area contributed by atoms with Crippen LogP contribution in [0.2, 0.25) is 0 Å². The molecular weight excluding hydrogens is 204 g/mol. The topological polar surface area (TPSA) is 76.0 Å². The summed E-state index contributed by atoms with van der Waals surface area (Å²) >= 11 is 0. The first-order valence-corrected chi connectivity index (χ1v) is 5.08. The summed E-state index contributed by atoms with van der Waals surface area (Å²) in [6, 6.07) is 7.79. The lowest BCUT2D eigenvalue weighted by Gasteiger charge is -2.03. The molecule has 0 aliphatic carbocycles. The summed E-state index contributed by atoms with van der Waals surface area (Å²) in [6.07, 6.45) is 1.73. The number of nitrogens with zero attached hydrogens (tertiary/aromatic N) is 1. The number of imidazole rings is 1. The maximum Gasteiger partial charge on any atom is 0.215 e. The average molecular weight is 218 g/mol. The number of nitrogens with one attached hydrogen (secondary N) is 2. The third-order valence-corrected chi connectivity index (χ3v) is 2.19. The number of H-pyrrole nitrogens is 1. The fourth-order valence-corrected chi connectivity index (χ4v) is 1.44. The molecule has 0 radical (unpaired) electrons. The van der Waals surface area contributed by atoms with Crippen molar-refractivity contribution >= 4 is 5.95 Å². The highest BCUT2D eigenvalue weighted by molar-refractivity contribution is 5.61. The highest BCUT2D eigenvalue weighted by atomic mass is 16.5. The molecule has 2 aromatic rings. The standard InChI is InChI=1S/C11H14N4O/c1-2-16-9-5-3-8(4-6-9)10-7-13-11(14-10)15-12/h3-7H,2,12H2,1H3,(H2,13,14,15).